The van der Waals surface area contributed by atoms with E-state index in [1.807, 2.05) is 62.4 Å². The van der Waals surface area contributed by atoms with Crippen LogP contribution >= 0.6 is 11.9 Å². The lowest BCUT2D eigenvalue weighted by Crippen LogP contribution is -2.29. The smallest absolute Gasteiger partial charge is 0.476 e. The summed E-state index contributed by atoms with van der Waals surface area (Å²) in [4.78, 5) is 10.3. The molecule has 0 radical (unpaired) electrons. The quantitative estimate of drug-likeness (QED) is 0.156. The highest BCUT2D eigenvalue weighted by atomic mass is 32.2. The molecule has 212 valence electrons. The van der Waals surface area contributed by atoms with Crippen LogP contribution in [0.1, 0.15) is 49.8 Å². The standard InChI is InChI=1S/C29H37F3N4O2S/c1-19(2)15-23(33)18-37-26-17-25(27-20(3)9-7-10-21(27)4)34-28(35-26)36-39-24-13-8-12-22(16-24)11-5-6-14-38-29(30,31)32/h7-10,12-13,16-17,19,23H,5-6,11,14-15,18,33H2,1-4H3,(H,34,35,36)/t23-/m1/s1. The van der Waals surface area contributed by atoms with Gasteiger partial charge in [-0.15, -0.1) is 13.2 Å². The van der Waals surface area contributed by atoms with Crippen LogP contribution in [0.2, 0.25) is 0 Å². The van der Waals surface area contributed by atoms with Crippen LogP contribution < -0.4 is 15.2 Å². The first kappa shape index (κ1) is 30.7. The number of anilines is 1. The fraction of sp³-hybridized carbons (Fsp3) is 0.448. The number of halogens is 3. The van der Waals surface area contributed by atoms with E-state index in [1.165, 1.54) is 11.9 Å². The predicted molar refractivity (Wildman–Crippen MR) is 151 cm³/mol. The number of ether oxygens (including phenoxy) is 2. The number of nitrogens with one attached hydrogen (secondary N) is 1. The van der Waals surface area contributed by atoms with Gasteiger partial charge in [0, 0.05) is 22.6 Å². The van der Waals surface area contributed by atoms with Gasteiger partial charge in [0.05, 0.1) is 12.3 Å². The predicted octanol–water partition coefficient (Wildman–Crippen LogP) is 7.49. The molecule has 0 saturated heterocycles. The summed E-state index contributed by atoms with van der Waals surface area (Å²) in [5, 5.41) is 0. The third-order valence-electron chi connectivity index (χ3n) is 5.94. The molecule has 0 fully saturated rings. The van der Waals surface area contributed by atoms with Crippen LogP contribution in [0.5, 0.6) is 5.88 Å². The van der Waals surface area contributed by atoms with Crippen molar-refractivity contribution in [2.45, 2.75) is 70.7 Å². The molecule has 0 aliphatic rings. The highest BCUT2D eigenvalue weighted by molar-refractivity contribution is 8.00. The fourth-order valence-electron chi connectivity index (χ4n) is 4.25. The van der Waals surface area contributed by atoms with Gasteiger partial charge in [0.15, 0.2) is 0 Å². The molecule has 0 bridgehead atoms. The second-order valence-corrected chi connectivity index (χ2v) is 10.9. The highest BCUT2D eigenvalue weighted by Gasteiger charge is 2.28. The number of alkyl halides is 3. The summed E-state index contributed by atoms with van der Waals surface area (Å²) in [5.74, 6) is 1.32. The van der Waals surface area contributed by atoms with Crippen molar-refractivity contribution in [1.29, 1.82) is 0 Å². The molecule has 0 spiro atoms. The van der Waals surface area contributed by atoms with E-state index in [2.05, 4.69) is 28.3 Å². The molecule has 3 N–H and O–H groups in total. The van der Waals surface area contributed by atoms with Crippen molar-refractivity contribution in [2.24, 2.45) is 11.7 Å². The van der Waals surface area contributed by atoms with Crippen molar-refractivity contribution in [3.8, 4) is 17.1 Å². The molecule has 3 rings (SSSR count). The molecule has 2 aromatic carbocycles. The number of benzene rings is 2. The normalized spacial score (nSPS) is 12.5. The number of aromatic nitrogens is 2. The third-order valence-corrected chi connectivity index (χ3v) is 6.72. The second-order valence-electron chi connectivity index (χ2n) is 9.99. The minimum atomic E-state index is -4.58. The molecule has 0 aliphatic heterocycles. The van der Waals surface area contributed by atoms with Crippen molar-refractivity contribution in [3.05, 3.63) is 65.2 Å². The van der Waals surface area contributed by atoms with E-state index in [9.17, 15) is 13.2 Å². The molecule has 6 nitrogen and oxygen atoms in total. The Kier molecular flexibility index (Phi) is 11.4. The largest absolute Gasteiger partial charge is 0.522 e. The topological polar surface area (TPSA) is 82.3 Å². The SMILES string of the molecule is Cc1cccc(C)c1-c1cc(OC[C@H](N)CC(C)C)nc(NSc2cccc(CCCCOC(F)(F)F)c2)n1. The molecule has 0 amide bonds. The minimum absolute atomic E-state index is 0.0999. The number of nitrogens with two attached hydrogens (primary N) is 1. The summed E-state index contributed by atoms with van der Waals surface area (Å²) in [7, 11) is 0. The molecular formula is C29H37F3N4O2S. The summed E-state index contributed by atoms with van der Waals surface area (Å²) < 4.78 is 49.5. The Labute approximate surface area is 233 Å². The Morgan fingerprint density at radius 3 is 2.41 bits per heavy atom. The van der Waals surface area contributed by atoms with Gasteiger partial charge >= 0.3 is 6.36 Å². The van der Waals surface area contributed by atoms with E-state index < -0.39 is 6.36 Å². The molecule has 1 aromatic heterocycles. The summed E-state index contributed by atoms with van der Waals surface area (Å²) in [6.07, 6.45) is -2.15. The number of unbranched alkanes of at least 4 members (excludes halogenated alkanes) is 1. The Morgan fingerprint density at radius 1 is 1.00 bits per heavy atom. The van der Waals surface area contributed by atoms with Crippen molar-refractivity contribution in [2.75, 3.05) is 17.9 Å². The number of nitrogens with zero attached hydrogens (tertiary/aromatic N) is 2. The van der Waals surface area contributed by atoms with Crippen LogP contribution in [0, 0.1) is 19.8 Å². The van der Waals surface area contributed by atoms with Gasteiger partial charge in [0.25, 0.3) is 0 Å². The highest BCUT2D eigenvalue weighted by Crippen LogP contribution is 2.30. The zero-order chi connectivity index (χ0) is 28.4. The molecule has 3 aromatic rings. The maximum absolute atomic E-state index is 12.1. The summed E-state index contributed by atoms with van der Waals surface area (Å²) in [6.45, 7) is 8.36. The summed E-state index contributed by atoms with van der Waals surface area (Å²) in [5.41, 5.74) is 11.2. The van der Waals surface area contributed by atoms with E-state index >= 15 is 0 Å². The molecule has 0 aliphatic carbocycles. The Morgan fingerprint density at radius 2 is 1.72 bits per heavy atom. The molecule has 1 atom stereocenters. The second kappa shape index (κ2) is 14.5. The van der Waals surface area contributed by atoms with Gasteiger partial charge in [0.1, 0.15) is 6.61 Å². The monoisotopic (exact) mass is 562 g/mol. The van der Waals surface area contributed by atoms with Crippen LogP contribution in [0.15, 0.2) is 53.4 Å². The zero-order valence-corrected chi connectivity index (χ0v) is 23.7. The lowest BCUT2D eigenvalue weighted by Gasteiger charge is -2.16. The number of aryl methyl sites for hydroxylation is 3. The first-order chi connectivity index (χ1) is 18.5. The molecule has 10 heteroatoms. The van der Waals surface area contributed by atoms with Gasteiger partial charge in [-0.3, -0.25) is 9.46 Å². The average molecular weight is 563 g/mol. The zero-order valence-electron chi connectivity index (χ0n) is 22.8. The first-order valence-electron chi connectivity index (χ1n) is 13.1. The van der Waals surface area contributed by atoms with Gasteiger partial charge in [-0.05, 0) is 86.2 Å². The van der Waals surface area contributed by atoms with Gasteiger partial charge in [-0.25, -0.2) is 4.98 Å². The van der Waals surface area contributed by atoms with Crippen LogP contribution in [0.4, 0.5) is 19.1 Å². The average Bonchev–Trinajstić information content (AvgIpc) is 2.85. The Bertz CT molecular complexity index is 1190. The van der Waals surface area contributed by atoms with E-state index in [-0.39, 0.29) is 12.6 Å². The number of rotatable bonds is 14. The lowest BCUT2D eigenvalue weighted by atomic mass is 10.00. The Balaban J connectivity index is 1.71. The van der Waals surface area contributed by atoms with E-state index in [1.54, 1.807) is 0 Å². The number of hydrogen-bond acceptors (Lipinski definition) is 7. The summed E-state index contributed by atoms with van der Waals surface area (Å²) in [6, 6.07) is 15.7. The maximum atomic E-state index is 12.1. The van der Waals surface area contributed by atoms with Crippen molar-refractivity contribution in [1.82, 2.24) is 9.97 Å². The molecule has 0 unspecified atom stereocenters. The molecule has 0 saturated carbocycles. The van der Waals surface area contributed by atoms with E-state index in [0.29, 0.717) is 43.6 Å². The third kappa shape index (κ3) is 10.7. The van der Waals surface area contributed by atoms with Crippen LogP contribution in [-0.4, -0.2) is 35.6 Å². The maximum Gasteiger partial charge on any atom is 0.522 e. The van der Waals surface area contributed by atoms with Gasteiger partial charge in [-0.1, -0.05) is 44.2 Å². The number of hydrogen-bond donors (Lipinski definition) is 2. The van der Waals surface area contributed by atoms with Gasteiger partial charge < -0.3 is 10.5 Å². The van der Waals surface area contributed by atoms with Crippen molar-refractivity contribution in [3.63, 3.8) is 0 Å². The van der Waals surface area contributed by atoms with Gasteiger partial charge in [0.2, 0.25) is 11.8 Å². The molecular weight excluding hydrogens is 525 g/mol. The fourth-order valence-corrected chi connectivity index (χ4v) is 4.90. The lowest BCUT2D eigenvalue weighted by molar-refractivity contribution is -0.324. The van der Waals surface area contributed by atoms with Crippen LogP contribution in [0.25, 0.3) is 11.3 Å². The van der Waals surface area contributed by atoms with E-state index in [4.69, 9.17) is 15.5 Å². The van der Waals surface area contributed by atoms with Crippen molar-refractivity contribution >= 4 is 17.9 Å². The molecule has 1 heterocycles. The van der Waals surface area contributed by atoms with Gasteiger partial charge in [-0.2, -0.15) is 4.98 Å². The summed E-state index contributed by atoms with van der Waals surface area (Å²) >= 11 is 1.36. The van der Waals surface area contributed by atoms with E-state index in [0.717, 1.165) is 39.3 Å². The van der Waals surface area contributed by atoms with Crippen LogP contribution in [-0.2, 0) is 11.2 Å². The van der Waals surface area contributed by atoms with Crippen LogP contribution in [0.3, 0.4) is 0 Å². The minimum Gasteiger partial charge on any atom is -0.476 e. The Hall–Kier alpha value is -2.82. The first-order valence-corrected chi connectivity index (χ1v) is 13.9. The van der Waals surface area contributed by atoms with Crippen molar-refractivity contribution < 1.29 is 22.6 Å². The molecule has 39 heavy (non-hydrogen) atoms.